The van der Waals surface area contributed by atoms with Crippen LogP contribution in [0.2, 0.25) is 5.02 Å². The predicted molar refractivity (Wildman–Crippen MR) is 75.5 cm³/mol. The van der Waals surface area contributed by atoms with Crippen molar-refractivity contribution < 1.29 is 9.47 Å². The third-order valence-corrected chi connectivity index (χ3v) is 3.45. The number of rotatable bonds is 7. The van der Waals surface area contributed by atoms with Crippen LogP contribution in [0.4, 0.5) is 0 Å². The fourth-order valence-electron chi connectivity index (χ4n) is 1.75. The quantitative estimate of drug-likeness (QED) is 0.775. The van der Waals surface area contributed by atoms with Gasteiger partial charge < -0.3 is 15.2 Å². The number of nitrogens with two attached hydrogens (primary N) is 1. The second kappa shape index (κ2) is 7.62. The van der Waals surface area contributed by atoms with Gasteiger partial charge >= 0.3 is 0 Å². The molecule has 2 N–H and O–H groups in total. The van der Waals surface area contributed by atoms with Gasteiger partial charge in [0, 0.05) is 13.2 Å². The predicted octanol–water partition coefficient (Wildman–Crippen LogP) is 3.21. The molecule has 1 aromatic carbocycles. The zero-order valence-electron chi connectivity index (χ0n) is 11.3. The van der Waals surface area contributed by atoms with E-state index in [0.29, 0.717) is 24.0 Å². The summed E-state index contributed by atoms with van der Waals surface area (Å²) in [7, 11) is 1.64. The Hall–Kier alpha value is -0.770. The van der Waals surface area contributed by atoms with E-state index in [1.54, 1.807) is 7.11 Å². The lowest BCUT2D eigenvalue weighted by Gasteiger charge is -2.20. The van der Waals surface area contributed by atoms with Crippen LogP contribution in [0.25, 0.3) is 0 Å². The van der Waals surface area contributed by atoms with Gasteiger partial charge in [-0.3, -0.25) is 0 Å². The van der Waals surface area contributed by atoms with Crippen LogP contribution in [0, 0.1) is 0 Å². The van der Waals surface area contributed by atoms with Gasteiger partial charge in [-0.25, -0.2) is 0 Å². The maximum absolute atomic E-state index is 6.10. The van der Waals surface area contributed by atoms with Crippen LogP contribution in [-0.2, 0) is 4.74 Å². The molecule has 2 atom stereocenters. The summed E-state index contributed by atoms with van der Waals surface area (Å²) in [6.45, 7) is 5.25. The summed E-state index contributed by atoms with van der Waals surface area (Å²) in [6.07, 6.45) is 0.948. The number of hydrogen-bond acceptors (Lipinski definition) is 3. The van der Waals surface area contributed by atoms with Crippen LogP contribution in [0.3, 0.4) is 0 Å². The molecule has 18 heavy (non-hydrogen) atoms. The molecule has 0 aliphatic heterocycles. The van der Waals surface area contributed by atoms with Crippen molar-refractivity contribution in [2.45, 2.75) is 32.2 Å². The number of hydrogen-bond donors (Lipinski definition) is 1. The van der Waals surface area contributed by atoms with E-state index in [4.69, 9.17) is 26.8 Å². The molecule has 4 heteroatoms. The molecule has 0 unspecified atom stereocenters. The van der Waals surface area contributed by atoms with E-state index in [9.17, 15) is 0 Å². The summed E-state index contributed by atoms with van der Waals surface area (Å²) < 4.78 is 10.5. The van der Waals surface area contributed by atoms with Gasteiger partial charge in [-0.1, -0.05) is 31.5 Å². The van der Waals surface area contributed by atoms with Gasteiger partial charge in [0.05, 0.1) is 11.6 Å². The summed E-state index contributed by atoms with van der Waals surface area (Å²) >= 11 is 6.10. The minimum Gasteiger partial charge on any atom is -0.490 e. The lowest BCUT2D eigenvalue weighted by molar-refractivity contribution is 0.146. The van der Waals surface area contributed by atoms with E-state index < -0.39 is 0 Å². The van der Waals surface area contributed by atoms with Gasteiger partial charge in [0.25, 0.3) is 0 Å². The van der Waals surface area contributed by atoms with Crippen molar-refractivity contribution >= 4 is 11.6 Å². The molecular formula is C14H22ClNO2. The molecule has 0 aliphatic rings. The highest BCUT2D eigenvalue weighted by Crippen LogP contribution is 2.30. The van der Waals surface area contributed by atoms with Crippen molar-refractivity contribution in [3.63, 3.8) is 0 Å². The largest absolute Gasteiger partial charge is 0.490 e. The topological polar surface area (TPSA) is 44.5 Å². The molecule has 0 aliphatic carbocycles. The normalized spacial score (nSPS) is 14.3. The first-order chi connectivity index (χ1) is 8.60. The molecule has 0 heterocycles. The molecule has 3 nitrogen and oxygen atoms in total. The van der Waals surface area contributed by atoms with Gasteiger partial charge in [-0.05, 0) is 30.0 Å². The maximum atomic E-state index is 6.10. The van der Waals surface area contributed by atoms with Crippen molar-refractivity contribution in [3.05, 3.63) is 28.8 Å². The summed E-state index contributed by atoms with van der Waals surface area (Å²) in [5.74, 6) is 0.985. The lowest BCUT2D eigenvalue weighted by atomic mass is 9.92. The van der Waals surface area contributed by atoms with Crippen molar-refractivity contribution in [1.82, 2.24) is 0 Å². The highest BCUT2D eigenvalue weighted by molar-refractivity contribution is 6.32. The molecule has 0 spiro atoms. The first-order valence-electron chi connectivity index (χ1n) is 6.26. The van der Waals surface area contributed by atoms with Crippen LogP contribution < -0.4 is 10.5 Å². The van der Waals surface area contributed by atoms with Gasteiger partial charge in [-0.2, -0.15) is 0 Å². The summed E-state index contributed by atoms with van der Waals surface area (Å²) in [5, 5.41) is 0.618. The van der Waals surface area contributed by atoms with Crippen molar-refractivity contribution in [1.29, 1.82) is 0 Å². The molecule has 0 saturated carbocycles. The molecule has 102 valence electrons. The van der Waals surface area contributed by atoms with Crippen LogP contribution in [0.5, 0.6) is 5.75 Å². The van der Waals surface area contributed by atoms with E-state index in [-0.39, 0.29) is 12.0 Å². The van der Waals surface area contributed by atoms with Gasteiger partial charge in [0.2, 0.25) is 0 Å². The SMILES string of the molecule is CC[C@H](N)[C@@H](C)c1ccc(Cl)c(OCCOC)c1. The van der Waals surface area contributed by atoms with Crippen molar-refractivity contribution in [2.75, 3.05) is 20.3 Å². The second-order valence-corrected chi connectivity index (χ2v) is 4.80. The number of halogens is 1. The smallest absolute Gasteiger partial charge is 0.138 e. The lowest BCUT2D eigenvalue weighted by Crippen LogP contribution is -2.25. The number of methoxy groups -OCH3 is 1. The van der Waals surface area contributed by atoms with Crippen molar-refractivity contribution in [2.24, 2.45) is 5.73 Å². The Bertz CT molecular complexity index is 371. The van der Waals surface area contributed by atoms with Gasteiger partial charge in [0.1, 0.15) is 12.4 Å². The van der Waals surface area contributed by atoms with Crippen LogP contribution in [0.1, 0.15) is 31.7 Å². The highest BCUT2D eigenvalue weighted by Gasteiger charge is 2.14. The molecule has 0 fully saturated rings. The molecule has 1 aromatic rings. The average Bonchev–Trinajstić information content (AvgIpc) is 2.39. The average molecular weight is 272 g/mol. The molecule has 0 amide bonds. The fraction of sp³-hybridized carbons (Fsp3) is 0.571. The molecule has 0 saturated heterocycles. The molecule has 1 rings (SSSR count). The third kappa shape index (κ3) is 4.16. The molecule has 0 aromatic heterocycles. The minimum atomic E-state index is 0.151. The van der Waals surface area contributed by atoms with E-state index in [2.05, 4.69) is 13.8 Å². The minimum absolute atomic E-state index is 0.151. The third-order valence-electron chi connectivity index (χ3n) is 3.14. The first-order valence-corrected chi connectivity index (χ1v) is 6.64. The first kappa shape index (κ1) is 15.3. The van der Waals surface area contributed by atoms with Crippen LogP contribution >= 0.6 is 11.6 Å². The van der Waals surface area contributed by atoms with Crippen LogP contribution in [-0.4, -0.2) is 26.4 Å². The Morgan fingerprint density at radius 3 is 2.67 bits per heavy atom. The maximum Gasteiger partial charge on any atom is 0.138 e. The molecule has 0 bridgehead atoms. The molecule has 0 radical (unpaired) electrons. The summed E-state index contributed by atoms with van der Waals surface area (Å²) in [6, 6.07) is 5.99. The zero-order chi connectivity index (χ0) is 13.5. The van der Waals surface area contributed by atoms with E-state index in [1.165, 1.54) is 0 Å². The zero-order valence-corrected chi connectivity index (χ0v) is 12.0. The van der Waals surface area contributed by atoms with Gasteiger partial charge in [0.15, 0.2) is 0 Å². The molecular weight excluding hydrogens is 250 g/mol. The fourth-order valence-corrected chi connectivity index (χ4v) is 1.92. The summed E-state index contributed by atoms with van der Waals surface area (Å²) in [5.41, 5.74) is 7.22. The Balaban J connectivity index is 2.79. The van der Waals surface area contributed by atoms with E-state index in [0.717, 1.165) is 12.0 Å². The van der Waals surface area contributed by atoms with Crippen molar-refractivity contribution in [3.8, 4) is 5.75 Å². The Morgan fingerprint density at radius 1 is 1.33 bits per heavy atom. The van der Waals surface area contributed by atoms with E-state index in [1.807, 2.05) is 18.2 Å². The van der Waals surface area contributed by atoms with Gasteiger partial charge in [-0.15, -0.1) is 0 Å². The Kier molecular flexibility index (Phi) is 6.47. The Morgan fingerprint density at radius 2 is 2.06 bits per heavy atom. The summed E-state index contributed by atoms with van der Waals surface area (Å²) in [4.78, 5) is 0. The van der Waals surface area contributed by atoms with Crippen LogP contribution in [0.15, 0.2) is 18.2 Å². The highest BCUT2D eigenvalue weighted by atomic mass is 35.5. The monoisotopic (exact) mass is 271 g/mol. The standard InChI is InChI=1S/C14H22ClNO2/c1-4-13(16)10(2)11-5-6-12(15)14(9-11)18-8-7-17-3/h5-6,9-10,13H,4,7-8,16H2,1-3H3/t10-,13-/m0/s1. The number of benzene rings is 1. The Labute approximate surface area is 114 Å². The number of ether oxygens (including phenoxy) is 2. The second-order valence-electron chi connectivity index (χ2n) is 4.39. The van der Waals surface area contributed by atoms with E-state index >= 15 is 0 Å².